The number of hydrogen-bond donors (Lipinski definition) is 1. The second-order valence-electron chi connectivity index (χ2n) is 7.20. The molecule has 1 amide bonds. The number of nitrogens with zero attached hydrogens (tertiary/aromatic N) is 1. The van der Waals surface area contributed by atoms with Gasteiger partial charge in [0.05, 0.1) is 22.5 Å². The standard InChI is InChI=1S/C26H20ClIN2O3/c1-32-25-14-20-5-3-2-4-19(20)13-22(25)26(31)30-29-15-18-8-11-24(23(28)12-18)33-16-17-6-9-21(27)10-7-17/h2-15H,16H2,1H3,(H,30,31)/b29-15-. The molecule has 0 spiro atoms. The fourth-order valence-corrected chi connectivity index (χ4v) is 4.07. The number of benzene rings is 4. The van der Waals surface area contributed by atoms with E-state index in [0.717, 1.165) is 31.2 Å². The molecule has 0 heterocycles. The van der Waals surface area contributed by atoms with Gasteiger partial charge in [0, 0.05) is 5.02 Å². The maximum absolute atomic E-state index is 12.7. The molecular formula is C26H20ClIN2O3. The molecule has 0 aliphatic heterocycles. The number of fused-ring (bicyclic) bond motifs is 1. The van der Waals surface area contributed by atoms with Crippen LogP contribution in [0.2, 0.25) is 5.02 Å². The van der Waals surface area contributed by atoms with E-state index < -0.39 is 0 Å². The molecule has 33 heavy (non-hydrogen) atoms. The molecule has 0 aliphatic carbocycles. The molecule has 0 fully saturated rings. The second-order valence-corrected chi connectivity index (χ2v) is 8.80. The Morgan fingerprint density at radius 1 is 1.00 bits per heavy atom. The summed E-state index contributed by atoms with van der Waals surface area (Å²) in [6.07, 6.45) is 1.59. The zero-order valence-electron chi connectivity index (χ0n) is 17.7. The largest absolute Gasteiger partial charge is 0.496 e. The number of carbonyl (C=O) groups is 1. The maximum atomic E-state index is 12.7. The van der Waals surface area contributed by atoms with Crippen LogP contribution in [-0.2, 0) is 6.61 Å². The van der Waals surface area contributed by atoms with Gasteiger partial charge >= 0.3 is 0 Å². The Kier molecular flexibility index (Phi) is 7.47. The zero-order chi connectivity index (χ0) is 23.2. The number of nitrogens with one attached hydrogen (secondary N) is 1. The number of ether oxygens (including phenoxy) is 2. The summed E-state index contributed by atoms with van der Waals surface area (Å²) in [6.45, 7) is 0.449. The van der Waals surface area contributed by atoms with E-state index in [0.29, 0.717) is 22.9 Å². The highest BCUT2D eigenvalue weighted by Gasteiger charge is 2.13. The molecule has 0 unspecified atom stereocenters. The van der Waals surface area contributed by atoms with Crippen molar-refractivity contribution in [2.75, 3.05) is 7.11 Å². The molecule has 166 valence electrons. The van der Waals surface area contributed by atoms with Gasteiger partial charge in [0.25, 0.3) is 5.91 Å². The van der Waals surface area contributed by atoms with Crippen molar-refractivity contribution in [2.45, 2.75) is 6.61 Å². The van der Waals surface area contributed by atoms with E-state index in [9.17, 15) is 4.79 Å². The first-order valence-electron chi connectivity index (χ1n) is 10.1. The number of methoxy groups -OCH3 is 1. The Bertz CT molecular complexity index is 1320. The van der Waals surface area contributed by atoms with Gasteiger partial charge in [-0.05, 0) is 87.0 Å². The zero-order valence-corrected chi connectivity index (χ0v) is 20.6. The predicted octanol–water partition coefficient (Wildman–Crippen LogP) is 6.45. The molecule has 4 aromatic rings. The lowest BCUT2D eigenvalue weighted by Crippen LogP contribution is -2.18. The van der Waals surface area contributed by atoms with Crippen molar-refractivity contribution in [3.05, 3.63) is 104 Å². The molecule has 0 bridgehead atoms. The van der Waals surface area contributed by atoms with Crippen molar-refractivity contribution in [1.29, 1.82) is 0 Å². The Hall–Kier alpha value is -3.10. The first-order chi connectivity index (χ1) is 16.0. The van der Waals surface area contributed by atoms with Gasteiger partial charge in [0.15, 0.2) is 0 Å². The lowest BCUT2D eigenvalue weighted by atomic mass is 10.1. The van der Waals surface area contributed by atoms with Crippen LogP contribution in [0.25, 0.3) is 10.8 Å². The van der Waals surface area contributed by atoms with Crippen LogP contribution in [0.5, 0.6) is 11.5 Å². The molecule has 0 aromatic heterocycles. The normalized spacial score (nSPS) is 11.0. The predicted molar refractivity (Wildman–Crippen MR) is 141 cm³/mol. The number of hydrazone groups is 1. The van der Waals surface area contributed by atoms with E-state index >= 15 is 0 Å². The van der Waals surface area contributed by atoms with Gasteiger partial charge in [-0.1, -0.05) is 48.0 Å². The third kappa shape index (κ3) is 5.83. The lowest BCUT2D eigenvalue weighted by molar-refractivity contribution is 0.0952. The van der Waals surface area contributed by atoms with Crippen LogP contribution in [0.3, 0.4) is 0 Å². The molecule has 0 atom stereocenters. The molecule has 7 heteroatoms. The Labute approximate surface area is 210 Å². The fraction of sp³-hybridized carbons (Fsp3) is 0.0769. The minimum absolute atomic E-state index is 0.341. The summed E-state index contributed by atoms with van der Waals surface area (Å²) < 4.78 is 12.2. The number of rotatable bonds is 7. The van der Waals surface area contributed by atoms with Crippen LogP contribution in [0.1, 0.15) is 21.5 Å². The van der Waals surface area contributed by atoms with Crippen LogP contribution in [-0.4, -0.2) is 19.2 Å². The van der Waals surface area contributed by atoms with Crippen molar-refractivity contribution in [3.8, 4) is 11.5 Å². The van der Waals surface area contributed by atoms with Gasteiger partial charge in [0.1, 0.15) is 18.1 Å². The van der Waals surface area contributed by atoms with E-state index in [1.165, 1.54) is 0 Å². The summed E-state index contributed by atoms with van der Waals surface area (Å²) >= 11 is 8.13. The van der Waals surface area contributed by atoms with E-state index in [1.54, 1.807) is 19.4 Å². The van der Waals surface area contributed by atoms with E-state index in [-0.39, 0.29) is 5.91 Å². The van der Waals surface area contributed by atoms with Crippen molar-refractivity contribution >= 4 is 57.1 Å². The van der Waals surface area contributed by atoms with Crippen LogP contribution in [0.4, 0.5) is 0 Å². The highest BCUT2D eigenvalue weighted by molar-refractivity contribution is 14.1. The average molecular weight is 571 g/mol. The average Bonchev–Trinajstić information content (AvgIpc) is 2.83. The monoisotopic (exact) mass is 570 g/mol. The Morgan fingerprint density at radius 2 is 1.73 bits per heavy atom. The molecule has 0 saturated carbocycles. The first-order valence-corrected chi connectivity index (χ1v) is 11.6. The minimum Gasteiger partial charge on any atom is -0.496 e. The molecule has 1 N–H and O–H groups in total. The molecule has 4 aromatic carbocycles. The third-order valence-electron chi connectivity index (χ3n) is 4.96. The number of halogens is 2. The summed E-state index contributed by atoms with van der Waals surface area (Å²) in [6, 6.07) is 24.7. The SMILES string of the molecule is COc1cc2ccccc2cc1C(=O)N/N=C\c1ccc(OCc2ccc(Cl)cc2)c(I)c1. The topological polar surface area (TPSA) is 59.9 Å². The Morgan fingerprint density at radius 3 is 2.42 bits per heavy atom. The smallest absolute Gasteiger partial charge is 0.275 e. The summed E-state index contributed by atoms with van der Waals surface area (Å²) in [4.78, 5) is 12.7. The van der Waals surface area contributed by atoms with Gasteiger partial charge in [-0.15, -0.1) is 0 Å². The van der Waals surface area contributed by atoms with Gasteiger partial charge in [-0.3, -0.25) is 4.79 Å². The van der Waals surface area contributed by atoms with E-state index in [4.69, 9.17) is 21.1 Å². The van der Waals surface area contributed by atoms with E-state index in [2.05, 4.69) is 33.1 Å². The van der Waals surface area contributed by atoms with Crippen LogP contribution in [0, 0.1) is 3.57 Å². The van der Waals surface area contributed by atoms with Gasteiger partial charge in [-0.25, -0.2) is 5.43 Å². The van der Waals surface area contributed by atoms with E-state index in [1.807, 2.05) is 72.8 Å². The number of amides is 1. The summed E-state index contributed by atoms with van der Waals surface area (Å²) in [5, 5.41) is 6.76. The van der Waals surface area contributed by atoms with Crippen molar-refractivity contribution in [1.82, 2.24) is 5.43 Å². The number of hydrogen-bond acceptors (Lipinski definition) is 4. The van der Waals surface area contributed by atoms with Crippen LogP contribution >= 0.6 is 34.2 Å². The van der Waals surface area contributed by atoms with Crippen molar-refractivity contribution < 1.29 is 14.3 Å². The molecular weight excluding hydrogens is 551 g/mol. The molecule has 4 rings (SSSR count). The molecule has 0 aliphatic rings. The highest BCUT2D eigenvalue weighted by Crippen LogP contribution is 2.26. The Balaban J connectivity index is 1.41. The molecule has 5 nitrogen and oxygen atoms in total. The van der Waals surface area contributed by atoms with Gasteiger partial charge in [0.2, 0.25) is 0 Å². The van der Waals surface area contributed by atoms with Crippen LogP contribution < -0.4 is 14.9 Å². The summed E-state index contributed by atoms with van der Waals surface area (Å²) in [7, 11) is 1.54. The third-order valence-corrected chi connectivity index (χ3v) is 6.05. The fourth-order valence-electron chi connectivity index (χ4n) is 3.25. The van der Waals surface area contributed by atoms with Gasteiger partial charge < -0.3 is 9.47 Å². The maximum Gasteiger partial charge on any atom is 0.275 e. The van der Waals surface area contributed by atoms with Crippen molar-refractivity contribution in [2.24, 2.45) is 5.10 Å². The molecule has 0 saturated heterocycles. The van der Waals surface area contributed by atoms with Crippen molar-refractivity contribution in [3.63, 3.8) is 0 Å². The summed E-state index contributed by atoms with van der Waals surface area (Å²) in [5.41, 5.74) is 4.87. The minimum atomic E-state index is -0.341. The second kappa shape index (κ2) is 10.7. The summed E-state index contributed by atoms with van der Waals surface area (Å²) in [5.74, 6) is 0.928. The van der Waals surface area contributed by atoms with Gasteiger partial charge in [-0.2, -0.15) is 5.10 Å². The first kappa shape index (κ1) is 23.1. The lowest BCUT2D eigenvalue weighted by Gasteiger charge is -2.10. The quantitative estimate of drug-likeness (QED) is 0.158. The number of carbonyl (C=O) groups excluding carboxylic acids is 1. The molecule has 0 radical (unpaired) electrons. The highest BCUT2D eigenvalue weighted by atomic mass is 127. The van der Waals surface area contributed by atoms with Crippen LogP contribution in [0.15, 0.2) is 84.0 Å².